The summed E-state index contributed by atoms with van der Waals surface area (Å²) in [6.07, 6.45) is 3.96. The predicted molar refractivity (Wildman–Crippen MR) is 94.1 cm³/mol. The molecule has 3 rings (SSSR count). The predicted octanol–water partition coefficient (Wildman–Crippen LogP) is 1.03. The Labute approximate surface area is 146 Å². The lowest BCUT2D eigenvalue weighted by Gasteiger charge is -2.32. The summed E-state index contributed by atoms with van der Waals surface area (Å²) in [5.74, 6) is 0.481. The molecular weight excluding hydrogens is 318 g/mol. The molecule has 0 saturated carbocycles. The zero-order valence-electron chi connectivity index (χ0n) is 14.2. The highest BCUT2D eigenvalue weighted by atomic mass is 16.2. The molecule has 1 aromatic carbocycles. The molecule has 0 atom stereocenters. The minimum absolute atomic E-state index is 0.0946. The number of rotatable bonds is 5. The van der Waals surface area contributed by atoms with Crippen LogP contribution in [0.25, 0.3) is 0 Å². The molecule has 7 heteroatoms. The molecule has 25 heavy (non-hydrogen) atoms. The van der Waals surface area contributed by atoms with Gasteiger partial charge in [-0.2, -0.15) is 0 Å². The standard InChI is InChI=1S/C18H21N5O2/c1-21(13-15-5-3-2-4-6-15)18-19-11-16(12-20-18)17(25)23-9-7-22(14-24)8-10-23/h2-6,11-12,14H,7-10,13H2,1H3. The first kappa shape index (κ1) is 16.9. The number of anilines is 1. The molecule has 0 unspecified atom stereocenters. The van der Waals surface area contributed by atoms with Gasteiger partial charge in [0.15, 0.2) is 0 Å². The second-order valence-electron chi connectivity index (χ2n) is 6.05. The fourth-order valence-electron chi connectivity index (χ4n) is 2.77. The van der Waals surface area contributed by atoms with Crippen LogP contribution in [0.2, 0.25) is 0 Å². The highest BCUT2D eigenvalue weighted by Gasteiger charge is 2.22. The molecule has 7 nitrogen and oxygen atoms in total. The Hall–Kier alpha value is -2.96. The van der Waals surface area contributed by atoms with Gasteiger partial charge in [0, 0.05) is 52.2 Å². The molecule has 2 aromatic rings. The average Bonchev–Trinajstić information content (AvgIpc) is 2.68. The zero-order chi connectivity index (χ0) is 17.6. The van der Waals surface area contributed by atoms with E-state index in [1.165, 1.54) is 5.56 Å². The average molecular weight is 339 g/mol. The van der Waals surface area contributed by atoms with Crippen molar-refractivity contribution in [3.63, 3.8) is 0 Å². The molecule has 130 valence electrons. The lowest BCUT2D eigenvalue weighted by atomic mass is 10.2. The first-order valence-corrected chi connectivity index (χ1v) is 8.23. The van der Waals surface area contributed by atoms with Crippen molar-refractivity contribution < 1.29 is 9.59 Å². The van der Waals surface area contributed by atoms with Gasteiger partial charge in [-0.05, 0) is 5.56 Å². The van der Waals surface area contributed by atoms with Gasteiger partial charge in [-0.25, -0.2) is 9.97 Å². The minimum atomic E-state index is -0.0946. The van der Waals surface area contributed by atoms with E-state index in [9.17, 15) is 9.59 Å². The van der Waals surface area contributed by atoms with E-state index in [1.807, 2.05) is 42.3 Å². The van der Waals surface area contributed by atoms with Crippen LogP contribution in [0.5, 0.6) is 0 Å². The monoisotopic (exact) mass is 339 g/mol. The molecule has 0 aliphatic carbocycles. The Morgan fingerprint density at radius 1 is 1.12 bits per heavy atom. The third-order valence-corrected chi connectivity index (χ3v) is 4.24. The summed E-state index contributed by atoms with van der Waals surface area (Å²) >= 11 is 0. The highest BCUT2D eigenvalue weighted by Crippen LogP contribution is 2.12. The van der Waals surface area contributed by atoms with E-state index in [4.69, 9.17) is 0 Å². The van der Waals surface area contributed by atoms with Gasteiger partial charge in [0.1, 0.15) is 0 Å². The van der Waals surface area contributed by atoms with E-state index in [-0.39, 0.29) is 5.91 Å². The zero-order valence-corrected chi connectivity index (χ0v) is 14.2. The Morgan fingerprint density at radius 3 is 2.36 bits per heavy atom. The molecule has 0 N–H and O–H groups in total. The van der Waals surface area contributed by atoms with Crippen LogP contribution in [-0.2, 0) is 11.3 Å². The van der Waals surface area contributed by atoms with Crippen LogP contribution >= 0.6 is 0 Å². The normalized spacial score (nSPS) is 14.3. The molecule has 1 saturated heterocycles. The van der Waals surface area contributed by atoms with Gasteiger partial charge >= 0.3 is 0 Å². The molecule has 1 aliphatic heterocycles. The summed E-state index contributed by atoms with van der Waals surface area (Å²) in [7, 11) is 1.92. The molecule has 1 fully saturated rings. The maximum atomic E-state index is 12.5. The summed E-state index contributed by atoms with van der Waals surface area (Å²) in [5, 5.41) is 0. The van der Waals surface area contributed by atoms with Gasteiger partial charge in [-0.1, -0.05) is 30.3 Å². The molecule has 1 aromatic heterocycles. The van der Waals surface area contributed by atoms with Crippen LogP contribution in [0.3, 0.4) is 0 Å². The Bertz CT molecular complexity index is 712. The highest BCUT2D eigenvalue weighted by molar-refractivity contribution is 5.93. The van der Waals surface area contributed by atoms with Crippen molar-refractivity contribution in [1.82, 2.24) is 19.8 Å². The van der Waals surface area contributed by atoms with Crippen molar-refractivity contribution in [2.45, 2.75) is 6.54 Å². The fourth-order valence-corrected chi connectivity index (χ4v) is 2.77. The van der Waals surface area contributed by atoms with Crippen LogP contribution in [0, 0.1) is 0 Å². The van der Waals surface area contributed by atoms with Crippen LogP contribution in [-0.4, -0.2) is 65.3 Å². The van der Waals surface area contributed by atoms with Crippen LogP contribution < -0.4 is 4.90 Å². The van der Waals surface area contributed by atoms with Crippen LogP contribution in [0.15, 0.2) is 42.7 Å². The third kappa shape index (κ3) is 4.12. The van der Waals surface area contributed by atoms with E-state index in [1.54, 1.807) is 22.2 Å². The first-order chi connectivity index (χ1) is 12.2. The van der Waals surface area contributed by atoms with Gasteiger partial charge in [-0.15, -0.1) is 0 Å². The van der Waals surface area contributed by atoms with Gasteiger partial charge in [-0.3, -0.25) is 9.59 Å². The molecule has 2 amide bonds. The van der Waals surface area contributed by atoms with E-state index in [0.717, 1.165) is 6.41 Å². The molecule has 0 spiro atoms. The second-order valence-corrected chi connectivity index (χ2v) is 6.05. The van der Waals surface area contributed by atoms with E-state index >= 15 is 0 Å². The first-order valence-electron chi connectivity index (χ1n) is 8.23. The molecule has 0 radical (unpaired) electrons. The Balaban J connectivity index is 1.61. The lowest BCUT2D eigenvalue weighted by molar-refractivity contribution is -0.119. The van der Waals surface area contributed by atoms with Gasteiger partial charge in [0.2, 0.25) is 12.4 Å². The Morgan fingerprint density at radius 2 is 1.76 bits per heavy atom. The number of amides is 2. The van der Waals surface area contributed by atoms with Crippen molar-refractivity contribution in [2.75, 3.05) is 38.1 Å². The molecular formula is C18H21N5O2. The minimum Gasteiger partial charge on any atom is -0.342 e. The van der Waals surface area contributed by atoms with Crippen LogP contribution in [0.4, 0.5) is 5.95 Å². The summed E-state index contributed by atoms with van der Waals surface area (Å²) in [6.45, 7) is 2.89. The quantitative estimate of drug-likeness (QED) is 0.761. The van der Waals surface area contributed by atoms with Crippen molar-refractivity contribution >= 4 is 18.3 Å². The van der Waals surface area contributed by atoms with E-state index in [0.29, 0.717) is 44.2 Å². The second kappa shape index (κ2) is 7.74. The summed E-state index contributed by atoms with van der Waals surface area (Å²) < 4.78 is 0. The van der Waals surface area contributed by atoms with E-state index < -0.39 is 0 Å². The molecule has 0 bridgehead atoms. The van der Waals surface area contributed by atoms with Gasteiger partial charge < -0.3 is 14.7 Å². The van der Waals surface area contributed by atoms with Crippen molar-refractivity contribution in [3.05, 3.63) is 53.9 Å². The van der Waals surface area contributed by atoms with Crippen molar-refractivity contribution in [1.29, 1.82) is 0 Å². The number of benzene rings is 1. The number of carbonyl (C=O) groups is 2. The number of piperazine rings is 1. The van der Waals surface area contributed by atoms with Crippen molar-refractivity contribution in [3.8, 4) is 0 Å². The summed E-state index contributed by atoms with van der Waals surface area (Å²) in [6, 6.07) is 10.1. The van der Waals surface area contributed by atoms with Gasteiger partial charge in [0.25, 0.3) is 5.91 Å². The molecule has 2 heterocycles. The van der Waals surface area contributed by atoms with Crippen molar-refractivity contribution in [2.24, 2.45) is 0 Å². The smallest absolute Gasteiger partial charge is 0.257 e. The fraction of sp³-hybridized carbons (Fsp3) is 0.333. The maximum absolute atomic E-state index is 12.5. The summed E-state index contributed by atoms with van der Waals surface area (Å²) in [4.78, 5) is 37.2. The van der Waals surface area contributed by atoms with E-state index in [2.05, 4.69) is 9.97 Å². The SMILES string of the molecule is CN(Cc1ccccc1)c1ncc(C(=O)N2CCN(C=O)CC2)cn1. The largest absolute Gasteiger partial charge is 0.342 e. The number of hydrogen-bond donors (Lipinski definition) is 0. The number of carbonyl (C=O) groups excluding carboxylic acids is 2. The maximum Gasteiger partial charge on any atom is 0.257 e. The van der Waals surface area contributed by atoms with Crippen LogP contribution in [0.1, 0.15) is 15.9 Å². The van der Waals surface area contributed by atoms with Gasteiger partial charge in [0.05, 0.1) is 5.56 Å². The number of nitrogens with zero attached hydrogens (tertiary/aromatic N) is 5. The summed E-state index contributed by atoms with van der Waals surface area (Å²) in [5.41, 5.74) is 1.64. The number of hydrogen-bond acceptors (Lipinski definition) is 5. The topological polar surface area (TPSA) is 69.6 Å². The number of aromatic nitrogens is 2. The molecule has 1 aliphatic rings. The third-order valence-electron chi connectivity index (χ3n) is 4.24. The lowest BCUT2D eigenvalue weighted by Crippen LogP contribution is -2.48. The Kier molecular flexibility index (Phi) is 5.23.